The summed E-state index contributed by atoms with van der Waals surface area (Å²) < 4.78 is 23.7. The number of cyclic esters (lactones) is 1. The minimum Gasteiger partial charge on any atom is -0.493 e. The first-order chi connectivity index (χ1) is 11.2. The average Bonchev–Trinajstić information content (AvgIpc) is 2.91. The summed E-state index contributed by atoms with van der Waals surface area (Å²) in [4.78, 5) is 16.2. The lowest BCUT2D eigenvalue weighted by atomic mass is 10.2. The molecular weight excluding hydrogens is 297 g/mol. The molecule has 0 aromatic heterocycles. The van der Waals surface area contributed by atoms with Crippen molar-refractivity contribution in [1.29, 1.82) is 0 Å². The SMILES string of the molecule is CCOc1ccccc1C1=N/C(=C\c2ccc(F)cc2)C(=O)O1. The van der Waals surface area contributed by atoms with Crippen molar-refractivity contribution in [2.24, 2.45) is 4.99 Å². The number of rotatable bonds is 4. The minimum atomic E-state index is -0.546. The molecule has 3 rings (SSSR count). The van der Waals surface area contributed by atoms with Gasteiger partial charge in [-0.2, -0.15) is 0 Å². The number of nitrogens with zero attached hydrogens (tertiary/aromatic N) is 1. The Balaban J connectivity index is 1.94. The molecule has 23 heavy (non-hydrogen) atoms. The molecule has 0 amide bonds. The van der Waals surface area contributed by atoms with E-state index in [1.165, 1.54) is 12.1 Å². The van der Waals surface area contributed by atoms with E-state index in [0.29, 0.717) is 23.5 Å². The Morgan fingerprint density at radius 3 is 2.65 bits per heavy atom. The molecule has 0 spiro atoms. The Bertz CT molecular complexity index is 794. The van der Waals surface area contributed by atoms with Gasteiger partial charge < -0.3 is 9.47 Å². The molecule has 4 nitrogen and oxygen atoms in total. The van der Waals surface area contributed by atoms with Crippen molar-refractivity contribution in [3.8, 4) is 5.75 Å². The maximum atomic E-state index is 12.9. The first-order valence-electron chi connectivity index (χ1n) is 7.17. The van der Waals surface area contributed by atoms with E-state index in [1.807, 2.05) is 19.1 Å². The number of aliphatic imine (C=N–C) groups is 1. The van der Waals surface area contributed by atoms with Crippen molar-refractivity contribution in [2.75, 3.05) is 6.61 Å². The number of esters is 1. The molecule has 0 radical (unpaired) electrons. The molecule has 1 aliphatic heterocycles. The molecule has 0 fully saturated rings. The second kappa shape index (κ2) is 6.44. The summed E-state index contributed by atoms with van der Waals surface area (Å²) in [6.07, 6.45) is 1.55. The van der Waals surface area contributed by atoms with E-state index in [2.05, 4.69) is 4.99 Å². The summed E-state index contributed by atoms with van der Waals surface area (Å²) in [5.41, 5.74) is 1.45. The Morgan fingerprint density at radius 1 is 1.17 bits per heavy atom. The number of halogens is 1. The largest absolute Gasteiger partial charge is 0.493 e. The van der Waals surface area contributed by atoms with Gasteiger partial charge in [0.1, 0.15) is 11.6 Å². The molecule has 0 atom stereocenters. The van der Waals surface area contributed by atoms with Crippen LogP contribution in [0.15, 0.2) is 59.2 Å². The highest BCUT2D eigenvalue weighted by molar-refractivity contribution is 6.13. The molecule has 2 aromatic carbocycles. The van der Waals surface area contributed by atoms with E-state index in [9.17, 15) is 9.18 Å². The standard InChI is InChI=1S/C18H14FNO3/c1-2-22-16-6-4-3-5-14(16)17-20-15(18(21)23-17)11-12-7-9-13(19)10-8-12/h3-11H,2H2,1H3/b15-11-. The van der Waals surface area contributed by atoms with E-state index >= 15 is 0 Å². The normalized spacial score (nSPS) is 15.5. The Hall–Kier alpha value is -2.95. The van der Waals surface area contributed by atoms with Crippen LogP contribution in [0.25, 0.3) is 6.08 Å². The summed E-state index contributed by atoms with van der Waals surface area (Å²) in [6, 6.07) is 13.0. The van der Waals surface area contributed by atoms with Gasteiger partial charge in [-0.15, -0.1) is 0 Å². The molecule has 0 bridgehead atoms. The maximum absolute atomic E-state index is 12.9. The minimum absolute atomic E-state index is 0.165. The number of carbonyl (C=O) groups is 1. The predicted molar refractivity (Wildman–Crippen MR) is 84.6 cm³/mol. The summed E-state index contributed by atoms with van der Waals surface area (Å²) in [6.45, 7) is 2.37. The fourth-order valence-electron chi connectivity index (χ4n) is 2.17. The van der Waals surface area contributed by atoms with Crippen LogP contribution >= 0.6 is 0 Å². The highest BCUT2D eigenvalue weighted by Crippen LogP contribution is 2.25. The van der Waals surface area contributed by atoms with Crippen molar-refractivity contribution in [2.45, 2.75) is 6.92 Å². The summed E-state index contributed by atoms with van der Waals surface area (Å²) in [5.74, 6) is -0.0800. The van der Waals surface area contributed by atoms with Gasteiger partial charge in [0, 0.05) is 0 Å². The summed E-state index contributed by atoms with van der Waals surface area (Å²) in [5, 5.41) is 0. The van der Waals surface area contributed by atoms with Gasteiger partial charge in [-0.05, 0) is 42.8 Å². The maximum Gasteiger partial charge on any atom is 0.363 e. The van der Waals surface area contributed by atoms with Crippen LogP contribution in [0.3, 0.4) is 0 Å². The number of carbonyl (C=O) groups excluding carboxylic acids is 1. The first-order valence-corrected chi connectivity index (χ1v) is 7.17. The number of ether oxygens (including phenoxy) is 2. The highest BCUT2D eigenvalue weighted by Gasteiger charge is 2.26. The third-order valence-electron chi connectivity index (χ3n) is 3.21. The van der Waals surface area contributed by atoms with Gasteiger partial charge in [0.05, 0.1) is 12.2 Å². The molecule has 0 N–H and O–H groups in total. The van der Waals surface area contributed by atoms with E-state index in [1.54, 1.807) is 30.3 Å². The number of hydrogen-bond acceptors (Lipinski definition) is 4. The average molecular weight is 311 g/mol. The predicted octanol–water partition coefficient (Wildman–Crippen LogP) is 3.57. The number of benzene rings is 2. The smallest absolute Gasteiger partial charge is 0.363 e. The molecule has 0 unspecified atom stereocenters. The molecule has 0 saturated heterocycles. The van der Waals surface area contributed by atoms with E-state index in [0.717, 1.165) is 0 Å². The van der Waals surface area contributed by atoms with Gasteiger partial charge in [0.15, 0.2) is 5.70 Å². The van der Waals surface area contributed by atoms with E-state index in [4.69, 9.17) is 9.47 Å². The topological polar surface area (TPSA) is 47.9 Å². The van der Waals surface area contributed by atoms with Crippen LogP contribution in [-0.2, 0) is 9.53 Å². The lowest BCUT2D eigenvalue weighted by Gasteiger charge is -2.08. The Kier molecular flexibility index (Phi) is 4.19. The van der Waals surface area contributed by atoms with Gasteiger partial charge in [0.2, 0.25) is 5.90 Å². The molecule has 0 aliphatic carbocycles. The van der Waals surface area contributed by atoms with Crippen molar-refractivity contribution >= 4 is 17.9 Å². The van der Waals surface area contributed by atoms with Crippen LogP contribution in [-0.4, -0.2) is 18.5 Å². The third kappa shape index (κ3) is 3.29. The first kappa shape index (κ1) is 15.0. The third-order valence-corrected chi connectivity index (χ3v) is 3.21. The molecule has 2 aromatic rings. The second-order valence-corrected chi connectivity index (χ2v) is 4.82. The van der Waals surface area contributed by atoms with Crippen molar-refractivity contribution < 1.29 is 18.7 Å². The van der Waals surface area contributed by atoms with Gasteiger partial charge in [-0.1, -0.05) is 24.3 Å². The molecule has 5 heteroatoms. The lowest BCUT2D eigenvalue weighted by Crippen LogP contribution is -2.07. The van der Waals surface area contributed by atoms with Gasteiger partial charge in [-0.25, -0.2) is 14.2 Å². The van der Waals surface area contributed by atoms with Crippen molar-refractivity contribution in [3.63, 3.8) is 0 Å². The van der Waals surface area contributed by atoms with Crippen molar-refractivity contribution in [1.82, 2.24) is 0 Å². The van der Waals surface area contributed by atoms with Gasteiger partial charge in [-0.3, -0.25) is 0 Å². The zero-order valence-corrected chi connectivity index (χ0v) is 12.5. The number of hydrogen-bond donors (Lipinski definition) is 0. The zero-order valence-electron chi connectivity index (χ0n) is 12.5. The Labute approximate surface area is 132 Å². The molecule has 1 aliphatic rings. The van der Waals surface area contributed by atoms with Crippen molar-refractivity contribution in [3.05, 3.63) is 71.2 Å². The van der Waals surface area contributed by atoms with Crippen LogP contribution in [0.1, 0.15) is 18.1 Å². The van der Waals surface area contributed by atoms with Crippen LogP contribution in [0.4, 0.5) is 4.39 Å². The molecule has 1 heterocycles. The quantitative estimate of drug-likeness (QED) is 0.640. The fourth-order valence-corrected chi connectivity index (χ4v) is 2.17. The second-order valence-electron chi connectivity index (χ2n) is 4.82. The summed E-state index contributed by atoms with van der Waals surface area (Å²) in [7, 11) is 0. The molecule has 0 saturated carbocycles. The number of para-hydroxylation sites is 1. The molecular formula is C18H14FNO3. The van der Waals surface area contributed by atoms with Crippen LogP contribution in [0.2, 0.25) is 0 Å². The van der Waals surface area contributed by atoms with Crippen LogP contribution in [0, 0.1) is 5.82 Å². The lowest BCUT2D eigenvalue weighted by molar-refractivity contribution is -0.129. The monoisotopic (exact) mass is 311 g/mol. The highest BCUT2D eigenvalue weighted by atomic mass is 19.1. The Morgan fingerprint density at radius 2 is 1.91 bits per heavy atom. The van der Waals surface area contributed by atoms with Crippen LogP contribution < -0.4 is 4.74 Å². The summed E-state index contributed by atoms with van der Waals surface area (Å²) >= 11 is 0. The van der Waals surface area contributed by atoms with E-state index in [-0.39, 0.29) is 17.4 Å². The molecule has 116 valence electrons. The van der Waals surface area contributed by atoms with E-state index < -0.39 is 5.97 Å². The fraction of sp³-hybridized carbons (Fsp3) is 0.111. The van der Waals surface area contributed by atoms with Gasteiger partial charge in [0.25, 0.3) is 0 Å². The van der Waals surface area contributed by atoms with Gasteiger partial charge >= 0.3 is 5.97 Å². The zero-order chi connectivity index (χ0) is 16.2. The van der Waals surface area contributed by atoms with Crippen LogP contribution in [0.5, 0.6) is 5.75 Å².